The molecule has 1 aliphatic carbocycles. The molecule has 0 atom stereocenters. The Morgan fingerprint density at radius 2 is 1.48 bits per heavy atom. The Labute approximate surface area is 238 Å². The highest BCUT2D eigenvalue weighted by Crippen LogP contribution is 2.35. The summed E-state index contributed by atoms with van der Waals surface area (Å²) in [7, 11) is 0. The minimum absolute atomic E-state index is 0.457. The fourth-order valence-corrected chi connectivity index (χ4v) is 5.96. The molecular formula is C35H39N5. The summed E-state index contributed by atoms with van der Waals surface area (Å²) in [6, 6.07) is 30.3. The van der Waals surface area contributed by atoms with Crippen LogP contribution in [0.3, 0.4) is 0 Å². The molecule has 5 nitrogen and oxygen atoms in total. The van der Waals surface area contributed by atoms with Gasteiger partial charge in [0.1, 0.15) is 5.82 Å². The predicted octanol–water partition coefficient (Wildman–Crippen LogP) is 7.33. The zero-order chi connectivity index (χ0) is 27.0. The van der Waals surface area contributed by atoms with E-state index in [1.807, 2.05) is 0 Å². The van der Waals surface area contributed by atoms with Crippen molar-refractivity contribution in [3.05, 3.63) is 113 Å². The van der Waals surface area contributed by atoms with Crippen LogP contribution in [-0.2, 0) is 19.3 Å². The van der Waals surface area contributed by atoms with E-state index < -0.39 is 0 Å². The van der Waals surface area contributed by atoms with Gasteiger partial charge in [-0.25, -0.2) is 9.97 Å². The van der Waals surface area contributed by atoms with Gasteiger partial charge < -0.3 is 10.6 Å². The van der Waals surface area contributed by atoms with E-state index in [4.69, 9.17) is 9.97 Å². The average Bonchev–Trinajstić information content (AvgIpc) is 3.53. The third-order valence-corrected chi connectivity index (χ3v) is 8.12. The molecule has 2 N–H and O–H groups in total. The van der Waals surface area contributed by atoms with Gasteiger partial charge in [-0.15, -0.1) is 0 Å². The molecule has 2 heterocycles. The van der Waals surface area contributed by atoms with E-state index in [0.29, 0.717) is 5.92 Å². The molecule has 6 rings (SSSR count). The summed E-state index contributed by atoms with van der Waals surface area (Å²) in [5.74, 6) is 2.35. The number of aliphatic imine (C=N–C) groups is 1. The SMILES string of the molecule is c1ccc(CCCc2nc(C3CCCCC3)nc(-c3ccc(NC4=NCCN4)cc3)c2Cc2ccccc2)cc1. The monoisotopic (exact) mass is 529 g/mol. The first-order valence-corrected chi connectivity index (χ1v) is 14.9. The van der Waals surface area contributed by atoms with Gasteiger partial charge in [-0.3, -0.25) is 4.99 Å². The third kappa shape index (κ3) is 6.59. The van der Waals surface area contributed by atoms with E-state index in [-0.39, 0.29) is 0 Å². The Kier molecular flexibility index (Phi) is 8.47. The van der Waals surface area contributed by atoms with Gasteiger partial charge in [-0.2, -0.15) is 0 Å². The van der Waals surface area contributed by atoms with E-state index in [9.17, 15) is 0 Å². The van der Waals surface area contributed by atoms with Crippen LogP contribution in [0.1, 0.15) is 72.7 Å². The summed E-state index contributed by atoms with van der Waals surface area (Å²) in [4.78, 5) is 15.2. The summed E-state index contributed by atoms with van der Waals surface area (Å²) in [6.45, 7) is 1.71. The van der Waals surface area contributed by atoms with Gasteiger partial charge >= 0.3 is 0 Å². The summed E-state index contributed by atoms with van der Waals surface area (Å²) < 4.78 is 0. The summed E-state index contributed by atoms with van der Waals surface area (Å²) in [5.41, 5.74) is 8.45. The lowest BCUT2D eigenvalue weighted by Crippen LogP contribution is -2.26. The first kappa shape index (κ1) is 26.2. The minimum atomic E-state index is 0.457. The van der Waals surface area contributed by atoms with Crippen LogP contribution in [0.5, 0.6) is 0 Å². The maximum Gasteiger partial charge on any atom is 0.195 e. The highest BCUT2D eigenvalue weighted by molar-refractivity contribution is 5.94. The number of anilines is 1. The van der Waals surface area contributed by atoms with Crippen molar-refractivity contribution in [2.75, 3.05) is 18.4 Å². The molecular weight excluding hydrogens is 490 g/mol. The lowest BCUT2D eigenvalue weighted by atomic mass is 9.87. The van der Waals surface area contributed by atoms with Crippen molar-refractivity contribution in [2.45, 2.75) is 63.7 Å². The molecule has 40 heavy (non-hydrogen) atoms. The van der Waals surface area contributed by atoms with Crippen molar-refractivity contribution in [1.29, 1.82) is 0 Å². The number of aryl methyl sites for hydroxylation is 2. The van der Waals surface area contributed by atoms with Gasteiger partial charge in [0.05, 0.1) is 12.2 Å². The number of guanidine groups is 1. The van der Waals surface area contributed by atoms with Crippen molar-refractivity contribution in [2.24, 2.45) is 4.99 Å². The molecule has 2 aliphatic rings. The van der Waals surface area contributed by atoms with Gasteiger partial charge in [0.25, 0.3) is 0 Å². The van der Waals surface area contributed by atoms with Crippen LogP contribution in [-0.4, -0.2) is 29.0 Å². The molecule has 4 aromatic rings. The molecule has 0 unspecified atom stereocenters. The van der Waals surface area contributed by atoms with E-state index in [1.54, 1.807) is 0 Å². The number of nitrogens with zero attached hydrogens (tertiary/aromatic N) is 3. The van der Waals surface area contributed by atoms with Gasteiger partial charge in [0.2, 0.25) is 0 Å². The van der Waals surface area contributed by atoms with Crippen LogP contribution in [0.2, 0.25) is 0 Å². The lowest BCUT2D eigenvalue weighted by Gasteiger charge is -2.23. The van der Waals surface area contributed by atoms with Crippen LogP contribution < -0.4 is 10.6 Å². The largest absolute Gasteiger partial charge is 0.354 e. The standard InChI is InChI=1S/C35H39N5/c1-4-11-26(12-5-1)15-10-18-32-31(25-27-13-6-2-7-14-27)33(40-34(39-32)29-16-8-3-9-17-29)28-19-21-30(22-20-28)38-35-36-23-24-37-35/h1-2,4-7,11-14,19-22,29H,3,8-10,15-18,23-25H2,(H2,36,37,38). The molecule has 204 valence electrons. The molecule has 0 amide bonds. The lowest BCUT2D eigenvalue weighted by molar-refractivity contribution is 0.427. The third-order valence-electron chi connectivity index (χ3n) is 8.12. The number of rotatable bonds is 9. The zero-order valence-corrected chi connectivity index (χ0v) is 23.3. The first-order chi connectivity index (χ1) is 19.8. The number of hydrogen-bond acceptors (Lipinski definition) is 5. The van der Waals surface area contributed by atoms with E-state index in [1.165, 1.54) is 54.5 Å². The Morgan fingerprint density at radius 1 is 0.750 bits per heavy atom. The van der Waals surface area contributed by atoms with Crippen molar-refractivity contribution in [3.8, 4) is 11.3 Å². The Balaban J connectivity index is 1.37. The zero-order valence-electron chi connectivity index (χ0n) is 23.3. The fourth-order valence-electron chi connectivity index (χ4n) is 5.96. The van der Waals surface area contributed by atoms with E-state index in [0.717, 1.165) is 67.5 Å². The van der Waals surface area contributed by atoms with Gasteiger partial charge in [0.15, 0.2) is 5.96 Å². The maximum absolute atomic E-state index is 5.36. The summed E-state index contributed by atoms with van der Waals surface area (Å²) >= 11 is 0. The van der Waals surface area contributed by atoms with Crippen molar-refractivity contribution in [3.63, 3.8) is 0 Å². The molecule has 1 fully saturated rings. The number of benzene rings is 3. The first-order valence-electron chi connectivity index (χ1n) is 14.9. The smallest absolute Gasteiger partial charge is 0.195 e. The van der Waals surface area contributed by atoms with E-state index >= 15 is 0 Å². The Bertz CT molecular complexity index is 1410. The van der Waals surface area contributed by atoms with Crippen LogP contribution in [0, 0.1) is 0 Å². The molecule has 3 aromatic carbocycles. The summed E-state index contributed by atoms with van der Waals surface area (Å²) in [6.07, 6.45) is 10.2. The second-order valence-corrected chi connectivity index (χ2v) is 11.1. The van der Waals surface area contributed by atoms with Crippen LogP contribution in [0.4, 0.5) is 5.69 Å². The normalized spacial score (nSPS) is 15.4. The maximum atomic E-state index is 5.36. The second-order valence-electron chi connectivity index (χ2n) is 11.1. The van der Waals surface area contributed by atoms with Crippen LogP contribution in [0.25, 0.3) is 11.3 Å². The average molecular weight is 530 g/mol. The minimum Gasteiger partial charge on any atom is -0.354 e. The highest BCUT2D eigenvalue weighted by Gasteiger charge is 2.23. The predicted molar refractivity (Wildman–Crippen MR) is 165 cm³/mol. The van der Waals surface area contributed by atoms with E-state index in [2.05, 4.69) is 101 Å². The molecule has 1 saturated carbocycles. The molecule has 1 aliphatic heterocycles. The number of aromatic nitrogens is 2. The van der Waals surface area contributed by atoms with Gasteiger partial charge in [-0.1, -0.05) is 92.1 Å². The summed E-state index contributed by atoms with van der Waals surface area (Å²) in [5, 5.41) is 6.69. The fraction of sp³-hybridized carbons (Fsp3) is 0.343. The van der Waals surface area contributed by atoms with Crippen molar-refractivity contribution >= 4 is 11.6 Å². The van der Waals surface area contributed by atoms with Crippen molar-refractivity contribution in [1.82, 2.24) is 15.3 Å². The van der Waals surface area contributed by atoms with Gasteiger partial charge in [-0.05, 0) is 55.4 Å². The van der Waals surface area contributed by atoms with Crippen LogP contribution >= 0.6 is 0 Å². The second kappa shape index (κ2) is 12.9. The number of hydrogen-bond donors (Lipinski definition) is 2. The molecule has 0 saturated heterocycles. The topological polar surface area (TPSA) is 62.2 Å². The molecule has 5 heteroatoms. The number of nitrogens with one attached hydrogen (secondary N) is 2. The van der Waals surface area contributed by atoms with Gasteiger partial charge in [0, 0.05) is 41.4 Å². The Morgan fingerprint density at radius 3 is 2.17 bits per heavy atom. The quantitative estimate of drug-likeness (QED) is 0.238. The molecule has 0 spiro atoms. The Hall–Kier alpha value is -3.99. The van der Waals surface area contributed by atoms with Crippen LogP contribution in [0.15, 0.2) is 89.9 Å². The molecule has 0 bridgehead atoms. The molecule has 0 radical (unpaired) electrons. The highest BCUT2D eigenvalue weighted by atomic mass is 15.2. The van der Waals surface area contributed by atoms with Crippen molar-refractivity contribution < 1.29 is 0 Å². The molecule has 1 aromatic heterocycles.